The van der Waals surface area contributed by atoms with Crippen LogP contribution in [0.15, 0.2) is 29.6 Å². The summed E-state index contributed by atoms with van der Waals surface area (Å²) in [6.07, 6.45) is 0. The van der Waals surface area contributed by atoms with E-state index in [9.17, 15) is 0 Å². The maximum atomic E-state index is 6.26. The predicted octanol–water partition coefficient (Wildman–Crippen LogP) is 4.72. The first kappa shape index (κ1) is 13.6. The van der Waals surface area contributed by atoms with Crippen LogP contribution in [0.5, 0.6) is 0 Å². The summed E-state index contributed by atoms with van der Waals surface area (Å²) in [5.74, 6) is 0. The van der Waals surface area contributed by atoms with Crippen molar-refractivity contribution in [1.29, 1.82) is 0 Å². The molecule has 0 radical (unpaired) electrons. The average Bonchev–Trinajstić information content (AvgIpc) is 2.76. The molecule has 1 aromatic heterocycles. The summed E-state index contributed by atoms with van der Waals surface area (Å²) >= 11 is 7.97. The molecule has 2 rings (SSSR count). The lowest BCUT2D eigenvalue weighted by Gasteiger charge is -2.18. The fourth-order valence-electron chi connectivity index (χ4n) is 2.02. The van der Waals surface area contributed by atoms with Crippen molar-refractivity contribution in [3.8, 4) is 0 Å². The van der Waals surface area contributed by atoms with E-state index in [0.717, 1.165) is 11.6 Å². The molecule has 0 aliphatic heterocycles. The molecule has 3 heteroatoms. The molecule has 0 aliphatic carbocycles. The number of thiophene rings is 1. The van der Waals surface area contributed by atoms with E-state index in [1.165, 1.54) is 21.6 Å². The molecule has 1 atom stereocenters. The molecule has 96 valence electrons. The van der Waals surface area contributed by atoms with Crippen molar-refractivity contribution in [2.24, 2.45) is 0 Å². The first-order chi connectivity index (χ1) is 8.63. The molecule has 0 saturated carbocycles. The van der Waals surface area contributed by atoms with E-state index >= 15 is 0 Å². The van der Waals surface area contributed by atoms with Crippen molar-refractivity contribution >= 4 is 22.9 Å². The SMILES string of the molecule is CCNC(c1ccc(C)c(C)c1)c1sccc1Cl. The van der Waals surface area contributed by atoms with Crippen LogP contribution in [-0.4, -0.2) is 6.54 Å². The highest BCUT2D eigenvalue weighted by Gasteiger charge is 2.17. The van der Waals surface area contributed by atoms with Gasteiger partial charge in [-0.3, -0.25) is 0 Å². The van der Waals surface area contributed by atoms with Gasteiger partial charge in [0.05, 0.1) is 11.1 Å². The number of benzene rings is 1. The Morgan fingerprint density at radius 2 is 2.00 bits per heavy atom. The Morgan fingerprint density at radius 3 is 2.56 bits per heavy atom. The number of rotatable bonds is 4. The largest absolute Gasteiger partial charge is 0.306 e. The van der Waals surface area contributed by atoms with Crippen molar-refractivity contribution in [3.63, 3.8) is 0 Å². The van der Waals surface area contributed by atoms with Gasteiger partial charge in [-0.1, -0.05) is 36.7 Å². The van der Waals surface area contributed by atoms with Gasteiger partial charge >= 0.3 is 0 Å². The highest BCUT2D eigenvalue weighted by Crippen LogP contribution is 2.33. The van der Waals surface area contributed by atoms with E-state index in [2.05, 4.69) is 44.3 Å². The van der Waals surface area contributed by atoms with Crippen LogP contribution in [0.25, 0.3) is 0 Å². The lowest BCUT2D eigenvalue weighted by molar-refractivity contribution is 0.639. The second-order valence-electron chi connectivity index (χ2n) is 4.47. The molecule has 0 amide bonds. The van der Waals surface area contributed by atoms with E-state index in [-0.39, 0.29) is 6.04 Å². The molecule has 18 heavy (non-hydrogen) atoms. The molecule has 1 heterocycles. The zero-order chi connectivity index (χ0) is 13.1. The maximum Gasteiger partial charge on any atom is 0.0686 e. The highest BCUT2D eigenvalue weighted by molar-refractivity contribution is 7.10. The summed E-state index contributed by atoms with van der Waals surface area (Å²) in [4.78, 5) is 1.20. The first-order valence-corrected chi connectivity index (χ1v) is 7.42. The van der Waals surface area contributed by atoms with Gasteiger partial charge in [0.25, 0.3) is 0 Å². The minimum absolute atomic E-state index is 0.196. The third-order valence-corrected chi connectivity index (χ3v) is 4.60. The molecule has 0 fully saturated rings. The monoisotopic (exact) mass is 279 g/mol. The Bertz CT molecular complexity index is 533. The Morgan fingerprint density at radius 1 is 1.22 bits per heavy atom. The third kappa shape index (κ3) is 2.77. The fraction of sp³-hybridized carbons (Fsp3) is 0.333. The van der Waals surface area contributed by atoms with E-state index in [1.807, 2.05) is 11.4 Å². The van der Waals surface area contributed by atoms with Gasteiger partial charge in [0, 0.05) is 4.88 Å². The molecule has 0 spiro atoms. The standard InChI is InChI=1S/C15H18ClNS/c1-4-17-14(15-13(16)7-8-18-15)12-6-5-10(2)11(3)9-12/h5-9,14,17H,4H2,1-3H3. The summed E-state index contributed by atoms with van der Waals surface area (Å²) in [7, 11) is 0. The van der Waals surface area contributed by atoms with Crippen LogP contribution in [0.1, 0.15) is 34.5 Å². The number of hydrogen-bond donors (Lipinski definition) is 1. The summed E-state index contributed by atoms with van der Waals surface area (Å²) in [5, 5.41) is 6.41. The average molecular weight is 280 g/mol. The van der Waals surface area contributed by atoms with Gasteiger partial charge in [0.2, 0.25) is 0 Å². The van der Waals surface area contributed by atoms with Crippen LogP contribution < -0.4 is 5.32 Å². The summed E-state index contributed by atoms with van der Waals surface area (Å²) < 4.78 is 0. The fourth-order valence-corrected chi connectivity index (χ4v) is 3.29. The van der Waals surface area contributed by atoms with Crippen LogP contribution in [0.2, 0.25) is 5.02 Å². The highest BCUT2D eigenvalue weighted by atomic mass is 35.5. The van der Waals surface area contributed by atoms with Gasteiger partial charge in [-0.05, 0) is 48.5 Å². The van der Waals surface area contributed by atoms with E-state index in [4.69, 9.17) is 11.6 Å². The predicted molar refractivity (Wildman–Crippen MR) is 80.8 cm³/mol. The van der Waals surface area contributed by atoms with Crippen LogP contribution in [0, 0.1) is 13.8 Å². The first-order valence-electron chi connectivity index (χ1n) is 6.17. The Hall–Kier alpha value is -0.830. The lowest BCUT2D eigenvalue weighted by Crippen LogP contribution is -2.21. The minimum atomic E-state index is 0.196. The Balaban J connectivity index is 2.41. The van der Waals surface area contributed by atoms with Gasteiger partial charge < -0.3 is 5.32 Å². The number of hydrogen-bond acceptors (Lipinski definition) is 2. The molecule has 2 aromatic rings. The van der Waals surface area contributed by atoms with Crippen LogP contribution in [0.4, 0.5) is 0 Å². The van der Waals surface area contributed by atoms with Crippen LogP contribution >= 0.6 is 22.9 Å². The molecule has 1 N–H and O–H groups in total. The van der Waals surface area contributed by atoms with Crippen molar-refractivity contribution in [3.05, 3.63) is 56.2 Å². The number of halogens is 1. The topological polar surface area (TPSA) is 12.0 Å². The van der Waals surface area contributed by atoms with Crippen LogP contribution in [-0.2, 0) is 0 Å². The zero-order valence-corrected chi connectivity index (χ0v) is 12.5. The molecular weight excluding hydrogens is 262 g/mol. The Labute approximate surface area is 118 Å². The number of nitrogens with one attached hydrogen (secondary N) is 1. The van der Waals surface area contributed by atoms with E-state index < -0.39 is 0 Å². The zero-order valence-electron chi connectivity index (χ0n) is 11.0. The second kappa shape index (κ2) is 5.87. The van der Waals surface area contributed by atoms with Gasteiger partial charge in [-0.15, -0.1) is 11.3 Å². The smallest absolute Gasteiger partial charge is 0.0686 e. The Kier molecular flexibility index (Phi) is 4.44. The summed E-state index contributed by atoms with van der Waals surface area (Å²) in [5.41, 5.74) is 3.93. The molecule has 0 aliphatic rings. The normalized spacial score (nSPS) is 12.7. The molecule has 0 bridgehead atoms. The summed E-state index contributed by atoms with van der Waals surface area (Å²) in [6, 6.07) is 8.77. The van der Waals surface area contributed by atoms with Crippen molar-refractivity contribution in [2.75, 3.05) is 6.54 Å². The minimum Gasteiger partial charge on any atom is -0.306 e. The van der Waals surface area contributed by atoms with Gasteiger partial charge in [0.1, 0.15) is 0 Å². The van der Waals surface area contributed by atoms with Crippen molar-refractivity contribution in [2.45, 2.75) is 26.8 Å². The summed E-state index contributed by atoms with van der Waals surface area (Å²) in [6.45, 7) is 7.33. The third-order valence-electron chi connectivity index (χ3n) is 3.18. The van der Waals surface area contributed by atoms with E-state index in [1.54, 1.807) is 11.3 Å². The molecule has 1 unspecified atom stereocenters. The van der Waals surface area contributed by atoms with Crippen LogP contribution in [0.3, 0.4) is 0 Å². The quantitative estimate of drug-likeness (QED) is 0.854. The lowest BCUT2D eigenvalue weighted by atomic mass is 10.00. The molecule has 0 saturated heterocycles. The molecule has 1 aromatic carbocycles. The van der Waals surface area contributed by atoms with Crippen molar-refractivity contribution in [1.82, 2.24) is 5.32 Å². The second-order valence-corrected chi connectivity index (χ2v) is 5.82. The van der Waals surface area contributed by atoms with Gasteiger partial charge in [-0.25, -0.2) is 0 Å². The maximum absolute atomic E-state index is 6.26. The van der Waals surface area contributed by atoms with E-state index in [0.29, 0.717) is 0 Å². The van der Waals surface area contributed by atoms with Gasteiger partial charge in [-0.2, -0.15) is 0 Å². The number of aryl methyl sites for hydroxylation is 2. The molecule has 1 nitrogen and oxygen atoms in total. The van der Waals surface area contributed by atoms with Crippen molar-refractivity contribution < 1.29 is 0 Å². The molecular formula is C15H18ClNS. The van der Waals surface area contributed by atoms with Gasteiger partial charge in [0.15, 0.2) is 0 Å².